The zero-order valence-electron chi connectivity index (χ0n) is 12.6. The topological polar surface area (TPSA) is 31.4 Å². The Morgan fingerprint density at radius 3 is 2.95 bits per heavy atom. The molecule has 106 valence electrons. The summed E-state index contributed by atoms with van der Waals surface area (Å²) in [6.07, 6.45) is 4.58. The first-order chi connectivity index (χ1) is 9.11. The molecule has 0 amide bonds. The molecule has 4 heteroatoms. The average Bonchev–Trinajstić information content (AvgIpc) is 2.41. The van der Waals surface area contributed by atoms with Gasteiger partial charge < -0.3 is 15.1 Å². The van der Waals surface area contributed by atoms with Crippen molar-refractivity contribution < 1.29 is 0 Å². The highest BCUT2D eigenvalue weighted by atomic mass is 15.2. The maximum absolute atomic E-state index is 4.43. The molecule has 0 saturated carbocycles. The van der Waals surface area contributed by atoms with E-state index in [0.717, 1.165) is 25.3 Å². The van der Waals surface area contributed by atoms with Crippen LogP contribution in [0, 0.1) is 6.92 Å². The van der Waals surface area contributed by atoms with Gasteiger partial charge in [0.2, 0.25) is 0 Å². The Balaban J connectivity index is 2.22. The van der Waals surface area contributed by atoms with Gasteiger partial charge in [-0.3, -0.25) is 4.98 Å². The van der Waals surface area contributed by atoms with Crippen molar-refractivity contribution in [1.82, 2.24) is 15.2 Å². The lowest BCUT2D eigenvalue weighted by Gasteiger charge is -2.38. The highest BCUT2D eigenvalue weighted by Gasteiger charge is 2.23. The second kappa shape index (κ2) is 6.35. The van der Waals surface area contributed by atoms with Crippen LogP contribution in [0.3, 0.4) is 0 Å². The van der Waals surface area contributed by atoms with Gasteiger partial charge in [0.25, 0.3) is 0 Å². The van der Waals surface area contributed by atoms with Gasteiger partial charge >= 0.3 is 0 Å². The molecule has 0 spiro atoms. The molecule has 1 N–H and O–H groups in total. The van der Waals surface area contributed by atoms with Gasteiger partial charge in [0, 0.05) is 48.8 Å². The lowest BCUT2D eigenvalue weighted by Crippen LogP contribution is -2.45. The fourth-order valence-corrected chi connectivity index (χ4v) is 2.79. The van der Waals surface area contributed by atoms with Crippen molar-refractivity contribution in [2.75, 3.05) is 39.1 Å². The van der Waals surface area contributed by atoms with E-state index in [1.54, 1.807) is 0 Å². The normalized spacial score (nSPS) is 20.1. The van der Waals surface area contributed by atoms with Gasteiger partial charge in [-0.25, -0.2) is 0 Å². The van der Waals surface area contributed by atoms with Crippen LogP contribution in [-0.2, 0) is 6.54 Å². The van der Waals surface area contributed by atoms with E-state index in [9.17, 15) is 0 Å². The van der Waals surface area contributed by atoms with E-state index in [1.807, 2.05) is 13.2 Å². The predicted molar refractivity (Wildman–Crippen MR) is 80.7 cm³/mol. The third-order valence-electron chi connectivity index (χ3n) is 3.93. The molecule has 1 fully saturated rings. The van der Waals surface area contributed by atoms with E-state index in [1.165, 1.54) is 24.1 Å². The number of hydrogen-bond donors (Lipinski definition) is 1. The zero-order valence-corrected chi connectivity index (χ0v) is 12.6. The SMILES string of the molecule is CNCc1cnc(C)cc1N1CCCC(N(C)C)C1. The van der Waals surface area contributed by atoms with Crippen LogP contribution in [0.1, 0.15) is 24.1 Å². The minimum absolute atomic E-state index is 0.657. The zero-order chi connectivity index (χ0) is 13.8. The summed E-state index contributed by atoms with van der Waals surface area (Å²) in [5, 5.41) is 3.24. The molecule has 1 aromatic heterocycles. The van der Waals surface area contributed by atoms with Crippen molar-refractivity contribution >= 4 is 5.69 Å². The molecule has 1 saturated heterocycles. The molecule has 2 rings (SSSR count). The molecule has 1 aromatic rings. The molecule has 1 unspecified atom stereocenters. The summed E-state index contributed by atoms with van der Waals surface area (Å²) in [5.41, 5.74) is 3.75. The minimum atomic E-state index is 0.657. The van der Waals surface area contributed by atoms with Crippen LogP contribution in [0.5, 0.6) is 0 Å². The Labute approximate surface area is 116 Å². The highest BCUT2D eigenvalue weighted by Crippen LogP contribution is 2.25. The molecular weight excluding hydrogens is 236 g/mol. The van der Waals surface area contributed by atoms with E-state index in [0.29, 0.717) is 6.04 Å². The Kier molecular flexibility index (Phi) is 4.77. The Hall–Kier alpha value is -1.13. The van der Waals surface area contributed by atoms with Crippen LogP contribution in [0.2, 0.25) is 0 Å². The predicted octanol–water partition coefficient (Wildman–Crippen LogP) is 1.64. The monoisotopic (exact) mass is 262 g/mol. The number of piperidine rings is 1. The summed E-state index contributed by atoms with van der Waals surface area (Å²) >= 11 is 0. The number of aromatic nitrogens is 1. The number of nitrogens with zero attached hydrogens (tertiary/aromatic N) is 3. The number of likely N-dealkylation sites (N-methyl/N-ethyl adjacent to an activating group) is 1. The maximum Gasteiger partial charge on any atom is 0.0446 e. The van der Waals surface area contributed by atoms with E-state index >= 15 is 0 Å². The van der Waals surface area contributed by atoms with Crippen LogP contribution in [0.25, 0.3) is 0 Å². The Morgan fingerprint density at radius 2 is 2.26 bits per heavy atom. The van der Waals surface area contributed by atoms with Crippen LogP contribution < -0.4 is 10.2 Å². The molecule has 1 aliphatic heterocycles. The number of nitrogens with one attached hydrogen (secondary N) is 1. The maximum atomic E-state index is 4.43. The second-order valence-electron chi connectivity index (χ2n) is 5.69. The lowest BCUT2D eigenvalue weighted by atomic mass is 10.0. The second-order valence-corrected chi connectivity index (χ2v) is 5.69. The Bertz CT molecular complexity index is 417. The third kappa shape index (κ3) is 3.45. The van der Waals surface area contributed by atoms with Gasteiger partial charge in [-0.1, -0.05) is 0 Å². The van der Waals surface area contributed by atoms with Gasteiger partial charge in [-0.05, 0) is 47.0 Å². The summed E-state index contributed by atoms with van der Waals surface area (Å²) in [7, 11) is 6.35. The molecule has 1 aliphatic rings. The summed E-state index contributed by atoms with van der Waals surface area (Å²) in [5.74, 6) is 0. The molecule has 2 heterocycles. The van der Waals surface area contributed by atoms with Gasteiger partial charge in [0.05, 0.1) is 0 Å². The first kappa shape index (κ1) is 14.3. The van der Waals surface area contributed by atoms with Gasteiger partial charge in [0.1, 0.15) is 0 Å². The van der Waals surface area contributed by atoms with Crippen LogP contribution in [0.15, 0.2) is 12.3 Å². The number of hydrogen-bond acceptors (Lipinski definition) is 4. The highest BCUT2D eigenvalue weighted by molar-refractivity contribution is 5.54. The van der Waals surface area contributed by atoms with Crippen LogP contribution in [-0.4, -0.2) is 50.2 Å². The van der Waals surface area contributed by atoms with E-state index in [-0.39, 0.29) is 0 Å². The minimum Gasteiger partial charge on any atom is -0.370 e. The van der Waals surface area contributed by atoms with Crippen LogP contribution >= 0.6 is 0 Å². The fraction of sp³-hybridized carbons (Fsp3) is 0.667. The summed E-state index contributed by atoms with van der Waals surface area (Å²) in [6, 6.07) is 2.88. The van der Waals surface area contributed by atoms with Gasteiger partial charge in [-0.15, -0.1) is 0 Å². The molecule has 0 radical (unpaired) electrons. The molecule has 4 nitrogen and oxygen atoms in total. The molecule has 0 bridgehead atoms. The lowest BCUT2D eigenvalue weighted by molar-refractivity contribution is 0.258. The first-order valence-electron chi connectivity index (χ1n) is 7.13. The average molecular weight is 262 g/mol. The summed E-state index contributed by atoms with van der Waals surface area (Å²) in [6.45, 7) is 5.23. The fourth-order valence-electron chi connectivity index (χ4n) is 2.79. The van der Waals surface area contributed by atoms with E-state index in [4.69, 9.17) is 0 Å². The quantitative estimate of drug-likeness (QED) is 0.894. The van der Waals surface area contributed by atoms with Crippen molar-refractivity contribution in [3.63, 3.8) is 0 Å². The number of anilines is 1. The third-order valence-corrected chi connectivity index (χ3v) is 3.93. The Morgan fingerprint density at radius 1 is 1.47 bits per heavy atom. The standard InChI is InChI=1S/C15H26N4/c1-12-8-15(13(9-16-2)10-17-12)19-7-5-6-14(11-19)18(3)4/h8,10,14,16H,5-7,9,11H2,1-4H3. The van der Waals surface area contributed by atoms with E-state index in [2.05, 4.69) is 47.2 Å². The van der Waals surface area contributed by atoms with Crippen molar-refractivity contribution in [3.8, 4) is 0 Å². The number of pyridine rings is 1. The van der Waals surface area contributed by atoms with Crippen molar-refractivity contribution in [3.05, 3.63) is 23.5 Å². The summed E-state index contributed by atoms with van der Waals surface area (Å²) < 4.78 is 0. The smallest absolute Gasteiger partial charge is 0.0446 e. The number of aryl methyl sites for hydroxylation is 1. The molecule has 0 aliphatic carbocycles. The molecule has 19 heavy (non-hydrogen) atoms. The van der Waals surface area contributed by atoms with Gasteiger partial charge in [0.15, 0.2) is 0 Å². The van der Waals surface area contributed by atoms with Gasteiger partial charge in [-0.2, -0.15) is 0 Å². The van der Waals surface area contributed by atoms with Crippen LogP contribution in [0.4, 0.5) is 5.69 Å². The molecule has 0 aromatic carbocycles. The molecule has 1 atom stereocenters. The molecular formula is C15H26N4. The summed E-state index contributed by atoms with van der Waals surface area (Å²) in [4.78, 5) is 9.30. The van der Waals surface area contributed by atoms with E-state index < -0.39 is 0 Å². The number of rotatable bonds is 4. The van der Waals surface area contributed by atoms with Crippen molar-refractivity contribution in [2.45, 2.75) is 32.4 Å². The van der Waals surface area contributed by atoms with Crippen molar-refractivity contribution in [1.29, 1.82) is 0 Å². The largest absolute Gasteiger partial charge is 0.370 e. The van der Waals surface area contributed by atoms with Crippen molar-refractivity contribution in [2.24, 2.45) is 0 Å². The first-order valence-corrected chi connectivity index (χ1v) is 7.13.